The van der Waals surface area contributed by atoms with Crippen LogP contribution in [-0.2, 0) is 13.0 Å². The maximum Gasteiger partial charge on any atom is 0.213 e. The van der Waals surface area contributed by atoms with Gasteiger partial charge in [0.2, 0.25) is 11.0 Å². The molecule has 0 saturated heterocycles. The Morgan fingerprint density at radius 1 is 1.67 bits per heavy atom. The van der Waals surface area contributed by atoms with E-state index in [0.29, 0.717) is 16.4 Å². The smallest absolute Gasteiger partial charge is 0.213 e. The summed E-state index contributed by atoms with van der Waals surface area (Å²) >= 11 is 6.30. The van der Waals surface area contributed by atoms with Crippen molar-refractivity contribution in [2.24, 2.45) is 0 Å². The highest BCUT2D eigenvalue weighted by molar-refractivity contribution is 7.73. The predicted octanol–water partition coefficient (Wildman–Crippen LogP) is 2.36. The van der Waals surface area contributed by atoms with Crippen LogP contribution >= 0.6 is 23.6 Å². The van der Waals surface area contributed by atoms with Gasteiger partial charge in [0.15, 0.2) is 3.95 Å². The number of aromatic amines is 1. The van der Waals surface area contributed by atoms with Gasteiger partial charge >= 0.3 is 0 Å². The lowest BCUT2D eigenvalue weighted by Gasteiger charge is -1.96. The van der Waals surface area contributed by atoms with Gasteiger partial charge in [-0.2, -0.15) is 0 Å². The zero-order valence-corrected chi connectivity index (χ0v) is 9.74. The molecule has 0 spiro atoms. The van der Waals surface area contributed by atoms with Crippen molar-refractivity contribution in [2.75, 3.05) is 5.32 Å². The van der Waals surface area contributed by atoms with E-state index in [1.807, 2.05) is 6.92 Å². The lowest BCUT2D eigenvalue weighted by Crippen LogP contribution is -1.98. The highest BCUT2D eigenvalue weighted by Gasteiger charge is 2.03. The molecule has 2 aromatic rings. The van der Waals surface area contributed by atoms with E-state index in [1.54, 1.807) is 6.20 Å². The number of aromatic nitrogens is 3. The number of anilines is 1. The van der Waals surface area contributed by atoms with Crippen molar-refractivity contribution in [1.29, 1.82) is 0 Å². The number of aryl methyl sites for hydroxylation is 1. The van der Waals surface area contributed by atoms with Crippen LogP contribution in [0.5, 0.6) is 0 Å². The van der Waals surface area contributed by atoms with Gasteiger partial charge in [-0.05, 0) is 12.2 Å². The quantitative estimate of drug-likeness (QED) is 0.806. The maximum absolute atomic E-state index is 5.43. The van der Waals surface area contributed by atoms with Gasteiger partial charge in [0.05, 0.1) is 12.7 Å². The van der Waals surface area contributed by atoms with E-state index in [1.165, 1.54) is 11.3 Å². The van der Waals surface area contributed by atoms with E-state index in [4.69, 9.17) is 16.6 Å². The predicted molar refractivity (Wildman–Crippen MR) is 60.5 cm³/mol. The van der Waals surface area contributed by atoms with E-state index >= 15 is 0 Å². The fourth-order valence-electron chi connectivity index (χ4n) is 1.05. The summed E-state index contributed by atoms with van der Waals surface area (Å²) in [5, 5.41) is 10.5. The van der Waals surface area contributed by atoms with Crippen LogP contribution in [-0.4, -0.2) is 15.2 Å². The van der Waals surface area contributed by atoms with Crippen LogP contribution in [0.1, 0.15) is 18.6 Å². The molecular formula is C8H10N4OS2. The monoisotopic (exact) mass is 242 g/mol. The van der Waals surface area contributed by atoms with E-state index in [-0.39, 0.29) is 0 Å². The van der Waals surface area contributed by atoms with E-state index < -0.39 is 0 Å². The van der Waals surface area contributed by atoms with Crippen LogP contribution < -0.4 is 5.32 Å². The minimum absolute atomic E-state index is 0.524. The van der Waals surface area contributed by atoms with Crippen molar-refractivity contribution < 1.29 is 4.42 Å². The Labute approximate surface area is 95.6 Å². The topological polar surface area (TPSA) is 66.7 Å². The van der Waals surface area contributed by atoms with Gasteiger partial charge in [0, 0.05) is 6.42 Å². The lowest BCUT2D eigenvalue weighted by atomic mass is 10.4. The Kier molecular flexibility index (Phi) is 3.12. The molecule has 2 N–H and O–H groups in total. The molecule has 5 nitrogen and oxygen atoms in total. The number of hydrogen-bond donors (Lipinski definition) is 2. The molecule has 0 aliphatic carbocycles. The molecule has 0 atom stereocenters. The van der Waals surface area contributed by atoms with Crippen LogP contribution in [0.2, 0.25) is 0 Å². The molecule has 0 unspecified atom stereocenters. The van der Waals surface area contributed by atoms with Gasteiger partial charge in [-0.3, -0.25) is 5.10 Å². The normalized spacial score (nSPS) is 10.5. The fraction of sp³-hybridized carbons (Fsp3) is 0.375. The van der Waals surface area contributed by atoms with Crippen LogP contribution in [0.15, 0.2) is 10.6 Å². The van der Waals surface area contributed by atoms with Crippen LogP contribution in [0.4, 0.5) is 5.13 Å². The van der Waals surface area contributed by atoms with Crippen molar-refractivity contribution in [1.82, 2.24) is 15.2 Å². The second-order valence-electron chi connectivity index (χ2n) is 2.85. The number of oxazole rings is 1. The van der Waals surface area contributed by atoms with Gasteiger partial charge in [-0.1, -0.05) is 18.3 Å². The molecule has 2 aromatic heterocycles. The second kappa shape index (κ2) is 4.54. The number of hydrogen-bond acceptors (Lipinski definition) is 6. The number of nitrogens with zero attached hydrogens (tertiary/aromatic N) is 2. The summed E-state index contributed by atoms with van der Waals surface area (Å²) < 4.78 is 6.08. The Morgan fingerprint density at radius 3 is 3.13 bits per heavy atom. The highest BCUT2D eigenvalue weighted by atomic mass is 32.1. The van der Waals surface area contributed by atoms with Crippen molar-refractivity contribution in [3.63, 3.8) is 0 Å². The molecule has 15 heavy (non-hydrogen) atoms. The van der Waals surface area contributed by atoms with Crippen LogP contribution in [0.25, 0.3) is 0 Å². The summed E-state index contributed by atoms with van der Waals surface area (Å²) in [4.78, 5) is 4.12. The third kappa shape index (κ3) is 2.63. The van der Waals surface area contributed by atoms with Gasteiger partial charge in [0.1, 0.15) is 5.76 Å². The third-order valence-corrected chi connectivity index (χ3v) is 2.83. The van der Waals surface area contributed by atoms with Gasteiger partial charge < -0.3 is 9.73 Å². The zero-order chi connectivity index (χ0) is 10.7. The Balaban J connectivity index is 1.95. The summed E-state index contributed by atoms with van der Waals surface area (Å²) in [6.45, 7) is 2.55. The molecule has 2 rings (SSSR count). The Hall–Kier alpha value is -1.21. The number of nitrogens with one attached hydrogen (secondary N) is 2. The average Bonchev–Trinajstić information content (AvgIpc) is 2.83. The zero-order valence-electron chi connectivity index (χ0n) is 8.11. The molecule has 0 bridgehead atoms. The molecule has 0 aliphatic rings. The molecule has 0 saturated carbocycles. The minimum atomic E-state index is 0.524. The molecule has 2 heterocycles. The molecule has 0 aromatic carbocycles. The molecule has 7 heteroatoms. The van der Waals surface area contributed by atoms with Crippen molar-refractivity contribution in [3.05, 3.63) is 21.8 Å². The minimum Gasteiger partial charge on any atom is -0.444 e. The van der Waals surface area contributed by atoms with E-state index in [2.05, 4.69) is 20.5 Å². The second-order valence-corrected chi connectivity index (χ2v) is 4.51. The lowest BCUT2D eigenvalue weighted by molar-refractivity contribution is 0.465. The van der Waals surface area contributed by atoms with Gasteiger partial charge in [-0.25, -0.2) is 4.98 Å². The van der Waals surface area contributed by atoms with E-state index in [0.717, 1.165) is 17.3 Å². The van der Waals surface area contributed by atoms with Crippen LogP contribution in [0, 0.1) is 3.95 Å². The third-order valence-electron chi connectivity index (χ3n) is 1.78. The molecule has 0 fully saturated rings. The average molecular weight is 242 g/mol. The summed E-state index contributed by atoms with van der Waals surface area (Å²) in [6, 6.07) is 0. The van der Waals surface area contributed by atoms with Crippen molar-refractivity contribution in [3.8, 4) is 0 Å². The molecular weight excluding hydrogens is 232 g/mol. The molecule has 0 amide bonds. The molecule has 0 aliphatic heterocycles. The largest absolute Gasteiger partial charge is 0.444 e. The van der Waals surface area contributed by atoms with Gasteiger partial charge in [0.25, 0.3) is 0 Å². The standard InChI is InChI=1S/C8H10N4OS2/c1-2-5-3-9-6(13-5)4-10-7-11-12-8(14)15-7/h3H,2,4H2,1H3,(H,10,11)(H,12,14). The first-order valence-corrected chi connectivity index (χ1v) is 5.73. The summed E-state index contributed by atoms with van der Waals surface area (Å²) in [7, 11) is 0. The highest BCUT2D eigenvalue weighted by Crippen LogP contribution is 2.12. The molecule has 0 radical (unpaired) electrons. The summed E-state index contributed by atoms with van der Waals surface area (Å²) in [5.41, 5.74) is 0. The Bertz CT molecular complexity index is 487. The first-order chi connectivity index (χ1) is 7.28. The fourth-order valence-corrected chi connectivity index (χ4v) is 1.83. The maximum atomic E-state index is 5.43. The first kappa shape index (κ1) is 10.3. The SMILES string of the molecule is CCc1cnc(CNc2n[nH]c(=S)s2)o1. The van der Waals surface area contributed by atoms with E-state index in [9.17, 15) is 0 Å². The number of rotatable bonds is 4. The number of H-pyrrole nitrogens is 1. The van der Waals surface area contributed by atoms with Crippen molar-refractivity contribution in [2.45, 2.75) is 19.9 Å². The van der Waals surface area contributed by atoms with Crippen molar-refractivity contribution >= 4 is 28.7 Å². The first-order valence-electron chi connectivity index (χ1n) is 4.51. The molecule has 80 valence electrons. The Morgan fingerprint density at radius 2 is 2.53 bits per heavy atom. The summed E-state index contributed by atoms with van der Waals surface area (Å²) in [5.74, 6) is 1.55. The summed E-state index contributed by atoms with van der Waals surface area (Å²) in [6.07, 6.45) is 2.60. The van der Waals surface area contributed by atoms with Crippen LogP contribution in [0.3, 0.4) is 0 Å². The van der Waals surface area contributed by atoms with Gasteiger partial charge in [-0.15, -0.1) is 5.10 Å².